The highest BCUT2D eigenvalue weighted by molar-refractivity contribution is 5.91. The number of methoxy groups -OCH3 is 2. The Hall–Kier alpha value is -2.22. The Balaban J connectivity index is 2.00. The van der Waals surface area contributed by atoms with Gasteiger partial charge in [-0.3, -0.25) is 0 Å². The Bertz CT molecular complexity index is 592. The third-order valence-corrected chi connectivity index (χ3v) is 4.34. The predicted molar refractivity (Wildman–Crippen MR) is 91.3 cm³/mol. The lowest BCUT2D eigenvalue weighted by atomic mass is 9.84. The van der Waals surface area contributed by atoms with Crippen molar-refractivity contribution in [1.29, 1.82) is 0 Å². The van der Waals surface area contributed by atoms with E-state index in [1.165, 1.54) is 35.1 Å². The van der Waals surface area contributed by atoms with Gasteiger partial charge in [-0.25, -0.2) is 0 Å². The molecule has 3 rings (SSSR count). The second-order valence-electron chi connectivity index (χ2n) is 5.62. The van der Waals surface area contributed by atoms with Gasteiger partial charge in [-0.05, 0) is 72.2 Å². The summed E-state index contributed by atoms with van der Waals surface area (Å²) in [6, 6.07) is 16.9. The Kier molecular flexibility index (Phi) is 4.47. The predicted octanol–water partition coefficient (Wildman–Crippen LogP) is 5.19. The molecule has 0 fully saturated rings. The smallest absolute Gasteiger partial charge is 0.118 e. The molecule has 1 aliphatic carbocycles. The summed E-state index contributed by atoms with van der Waals surface area (Å²) in [5.74, 6) is 1.82. The second kappa shape index (κ2) is 6.69. The third kappa shape index (κ3) is 3.01. The highest BCUT2D eigenvalue weighted by Crippen LogP contribution is 2.38. The van der Waals surface area contributed by atoms with Gasteiger partial charge < -0.3 is 9.47 Å². The van der Waals surface area contributed by atoms with Crippen molar-refractivity contribution < 1.29 is 9.47 Å². The SMILES string of the molecule is COc1ccc(C2=C(c3ccc(OC)cc3)CCCC2)cc1. The van der Waals surface area contributed by atoms with E-state index in [2.05, 4.69) is 24.3 Å². The van der Waals surface area contributed by atoms with Crippen molar-refractivity contribution in [2.45, 2.75) is 25.7 Å². The largest absolute Gasteiger partial charge is 0.497 e. The molecule has 0 spiro atoms. The Morgan fingerprint density at radius 2 is 0.955 bits per heavy atom. The first-order valence-electron chi connectivity index (χ1n) is 7.82. The average Bonchev–Trinajstić information content (AvgIpc) is 2.62. The van der Waals surface area contributed by atoms with E-state index in [0.29, 0.717) is 0 Å². The number of ether oxygens (including phenoxy) is 2. The zero-order valence-corrected chi connectivity index (χ0v) is 13.3. The van der Waals surface area contributed by atoms with Crippen molar-refractivity contribution in [2.75, 3.05) is 14.2 Å². The summed E-state index contributed by atoms with van der Waals surface area (Å²) in [7, 11) is 3.41. The first-order valence-corrected chi connectivity index (χ1v) is 7.82. The maximum atomic E-state index is 5.26. The van der Waals surface area contributed by atoms with Crippen molar-refractivity contribution in [3.63, 3.8) is 0 Å². The van der Waals surface area contributed by atoms with E-state index in [4.69, 9.17) is 9.47 Å². The van der Waals surface area contributed by atoms with Gasteiger partial charge in [0.25, 0.3) is 0 Å². The van der Waals surface area contributed by atoms with Crippen molar-refractivity contribution in [3.8, 4) is 11.5 Å². The summed E-state index contributed by atoms with van der Waals surface area (Å²) in [6.07, 6.45) is 4.82. The summed E-state index contributed by atoms with van der Waals surface area (Å²) in [6.45, 7) is 0. The van der Waals surface area contributed by atoms with Gasteiger partial charge >= 0.3 is 0 Å². The van der Waals surface area contributed by atoms with Crippen LogP contribution in [0.1, 0.15) is 36.8 Å². The van der Waals surface area contributed by atoms with Crippen LogP contribution in [0.4, 0.5) is 0 Å². The summed E-state index contributed by atoms with van der Waals surface area (Å²) in [5, 5.41) is 0. The molecule has 0 heterocycles. The third-order valence-electron chi connectivity index (χ3n) is 4.34. The fraction of sp³-hybridized carbons (Fsp3) is 0.300. The van der Waals surface area contributed by atoms with Crippen LogP contribution in [-0.2, 0) is 0 Å². The van der Waals surface area contributed by atoms with E-state index in [1.807, 2.05) is 24.3 Å². The van der Waals surface area contributed by atoms with E-state index < -0.39 is 0 Å². The fourth-order valence-corrected chi connectivity index (χ4v) is 3.13. The van der Waals surface area contributed by atoms with Gasteiger partial charge in [0.15, 0.2) is 0 Å². The molecule has 0 atom stereocenters. The minimum absolute atomic E-state index is 0.908. The van der Waals surface area contributed by atoms with Crippen LogP contribution >= 0.6 is 0 Å². The molecule has 0 aromatic heterocycles. The molecule has 0 N–H and O–H groups in total. The summed E-state index contributed by atoms with van der Waals surface area (Å²) in [5.41, 5.74) is 5.57. The number of hydrogen-bond donors (Lipinski definition) is 0. The molecular formula is C20H22O2. The molecule has 0 aliphatic heterocycles. The van der Waals surface area contributed by atoms with E-state index in [0.717, 1.165) is 24.3 Å². The van der Waals surface area contributed by atoms with Crippen LogP contribution in [0.3, 0.4) is 0 Å². The second-order valence-corrected chi connectivity index (χ2v) is 5.62. The molecule has 1 aliphatic rings. The normalized spacial score (nSPS) is 14.8. The van der Waals surface area contributed by atoms with E-state index >= 15 is 0 Å². The maximum absolute atomic E-state index is 5.26. The van der Waals surface area contributed by atoms with Crippen LogP contribution in [-0.4, -0.2) is 14.2 Å². The molecular weight excluding hydrogens is 272 g/mol. The zero-order valence-electron chi connectivity index (χ0n) is 13.3. The van der Waals surface area contributed by atoms with Gasteiger partial charge in [-0.1, -0.05) is 24.3 Å². The minimum Gasteiger partial charge on any atom is -0.497 e. The van der Waals surface area contributed by atoms with E-state index in [1.54, 1.807) is 14.2 Å². The molecule has 2 nitrogen and oxygen atoms in total. The first-order chi connectivity index (χ1) is 10.8. The van der Waals surface area contributed by atoms with Crippen LogP contribution < -0.4 is 9.47 Å². The summed E-state index contributed by atoms with van der Waals surface area (Å²) < 4.78 is 10.5. The molecule has 2 heteroatoms. The average molecular weight is 294 g/mol. The van der Waals surface area contributed by atoms with Crippen LogP contribution in [0, 0.1) is 0 Å². The summed E-state index contributed by atoms with van der Waals surface area (Å²) in [4.78, 5) is 0. The highest BCUT2D eigenvalue weighted by atomic mass is 16.5. The Labute approximate surface area is 132 Å². The van der Waals surface area contributed by atoms with Crippen LogP contribution in [0.15, 0.2) is 48.5 Å². The van der Waals surface area contributed by atoms with Crippen molar-refractivity contribution in [3.05, 3.63) is 59.7 Å². The topological polar surface area (TPSA) is 18.5 Å². The Morgan fingerprint density at radius 1 is 0.591 bits per heavy atom. The lowest BCUT2D eigenvalue weighted by molar-refractivity contribution is 0.414. The Morgan fingerprint density at radius 3 is 1.27 bits per heavy atom. The van der Waals surface area contributed by atoms with E-state index in [9.17, 15) is 0 Å². The van der Waals surface area contributed by atoms with Gasteiger partial charge in [-0.15, -0.1) is 0 Å². The van der Waals surface area contributed by atoms with Crippen molar-refractivity contribution >= 4 is 11.1 Å². The number of benzene rings is 2. The molecule has 0 amide bonds. The zero-order chi connectivity index (χ0) is 15.4. The molecule has 22 heavy (non-hydrogen) atoms. The molecule has 0 radical (unpaired) electrons. The molecule has 0 unspecified atom stereocenters. The van der Waals surface area contributed by atoms with Crippen LogP contribution in [0.5, 0.6) is 11.5 Å². The van der Waals surface area contributed by atoms with Gasteiger partial charge in [0.2, 0.25) is 0 Å². The van der Waals surface area contributed by atoms with Crippen molar-refractivity contribution in [2.24, 2.45) is 0 Å². The van der Waals surface area contributed by atoms with Gasteiger partial charge in [0.05, 0.1) is 14.2 Å². The van der Waals surface area contributed by atoms with Gasteiger partial charge in [0.1, 0.15) is 11.5 Å². The maximum Gasteiger partial charge on any atom is 0.118 e. The minimum atomic E-state index is 0.908. The molecule has 114 valence electrons. The molecule has 2 aromatic rings. The monoisotopic (exact) mass is 294 g/mol. The lowest BCUT2D eigenvalue weighted by Gasteiger charge is -2.21. The first kappa shape index (κ1) is 14.7. The van der Waals surface area contributed by atoms with Crippen LogP contribution in [0.25, 0.3) is 11.1 Å². The highest BCUT2D eigenvalue weighted by Gasteiger charge is 2.16. The molecule has 0 saturated heterocycles. The van der Waals surface area contributed by atoms with Crippen molar-refractivity contribution in [1.82, 2.24) is 0 Å². The van der Waals surface area contributed by atoms with E-state index in [-0.39, 0.29) is 0 Å². The number of hydrogen-bond acceptors (Lipinski definition) is 2. The van der Waals surface area contributed by atoms with Crippen LogP contribution in [0.2, 0.25) is 0 Å². The van der Waals surface area contributed by atoms with Gasteiger partial charge in [0, 0.05) is 0 Å². The van der Waals surface area contributed by atoms with Gasteiger partial charge in [-0.2, -0.15) is 0 Å². The quantitative estimate of drug-likeness (QED) is 0.772. The molecule has 2 aromatic carbocycles. The fourth-order valence-electron chi connectivity index (χ4n) is 3.13. The molecule has 0 bridgehead atoms. The number of rotatable bonds is 4. The standard InChI is InChI=1S/C20H22O2/c1-21-17-11-7-15(8-12-17)19-5-3-4-6-20(19)16-9-13-18(22-2)14-10-16/h7-14H,3-6H2,1-2H3. The number of allylic oxidation sites excluding steroid dienone is 2. The summed E-state index contributed by atoms with van der Waals surface area (Å²) >= 11 is 0. The lowest BCUT2D eigenvalue weighted by Crippen LogP contribution is -1.99. The molecule has 0 saturated carbocycles.